The van der Waals surface area contributed by atoms with Gasteiger partial charge in [0.2, 0.25) is 0 Å². The van der Waals surface area contributed by atoms with Gasteiger partial charge in [0.05, 0.1) is 10.7 Å². The van der Waals surface area contributed by atoms with Crippen molar-refractivity contribution in [2.24, 2.45) is 0 Å². The van der Waals surface area contributed by atoms with Gasteiger partial charge in [-0.3, -0.25) is 0 Å². The molecule has 0 unspecified atom stereocenters. The van der Waals surface area contributed by atoms with Crippen molar-refractivity contribution >= 4 is 17.3 Å². The van der Waals surface area contributed by atoms with Crippen LogP contribution in [0.3, 0.4) is 0 Å². The van der Waals surface area contributed by atoms with E-state index in [1.807, 2.05) is 6.07 Å². The van der Waals surface area contributed by atoms with Crippen LogP contribution in [0.2, 0.25) is 5.02 Å². The normalized spacial score (nSPS) is 10.0. The molecule has 0 aliphatic carbocycles. The quantitative estimate of drug-likeness (QED) is 0.741. The first-order chi connectivity index (χ1) is 5.65. The van der Waals surface area contributed by atoms with Gasteiger partial charge in [0.1, 0.15) is 0 Å². The van der Waals surface area contributed by atoms with Crippen LogP contribution in [0.25, 0.3) is 0 Å². The van der Waals surface area contributed by atoms with Crippen molar-refractivity contribution < 1.29 is 0 Å². The molecule has 0 saturated carbocycles. The Hall–Kier alpha value is -0.690. The minimum absolute atomic E-state index is 0.814. The molecule has 12 heavy (non-hydrogen) atoms. The van der Waals surface area contributed by atoms with Crippen molar-refractivity contribution in [2.75, 3.05) is 11.9 Å². The predicted molar refractivity (Wildman–Crippen MR) is 55.1 cm³/mol. The summed E-state index contributed by atoms with van der Waals surface area (Å²) in [5.74, 6) is 0. The van der Waals surface area contributed by atoms with Gasteiger partial charge < -0.3 is 5.32 Å². The molecule has 1 aromatic rings. The molecule has 1 nitrogen and oxygen atoms in total. The Labute approximate surface area is 78.7 Å². The van der Waals surface area contributed by atoms with Crippen LogP contribution < -0.4 is 5.32 Å². The second kappa shape index (κ2) is 3.81. The smallest absolute Gasteiger partial charge is 0.0642 e. The first-order valence-electron chi connectivity index (χ1n) is 4.15. The van der Waals surface area contributed by atoms with E-state index in [0.29, 0.717) is 0 Å². The van der Waals surface area contributed by atoms with E-state index < -0.39 is 0 Å². The molecule has 0 amide bonds. The molecule has 0 heterocycles. The molecule has 1 rings (SSSR count). The number of nitrogens with one attached hydrogen (secondary N) is 1. The van der Waals surface area contributed by atoms with E-state index in [9.17, 15) is 0 Å². The Morgan fingerprint density at radius 1 is 1.33 bits per heavy atom. The molecular weight excluding hydrogens is 170 g/mol. The van der Waals surface area contributed by atoms with E-state index in [4.69, 9.17) is 11.6 Å². The van der Waals surface area contributed by atoms with Gasteiger partial charge >= 0.3 is 0 Å². The summed E-state index contributed by atoms with van der Waals surface area (Å²) < 4.78 is 0. The van der Waals surface area contributed by atoms with Crippen LogP contribution in [0.5, 0.6) is 0 Å². The van der Waals surface area contributed by atoms with Crippen LogP contribution in [-0.2, 0) is 0 Å². The van der Waals surface area contributed by atoms with Crippen LogP contribution in [0.1, 0.15) is 18.1 Å². The Kier molecular flexibility index (Phi) is 2.99. The highest BCUT2D eigenvalue weighted by molar-refractivity contribution is 6.33. The zero-order valence-corrected chi connectivity index (χ0v) is 8.50. The van der Waals surface area contributed by atoms with E-state index in [0.717, 1.165) is 17.3 Å². The highest BCUT2D eigenvalue weighted by Crippen LogP contribution is 2.26. The summed E-state index contributed by atoms with van der Waals surface area (Å²) in [5.41, 5.74) is 3.48. The Bertz CT molecular complexity index is 258. The summed E-state index contributed by atoms with van der Waals surface area (Å²) >= 11 is 6.05. The molecule has 0 spiro atoms. The van der Waals surface area contributed by atoms with E-state index in [-0.39, 0.29) is 0 Å². The van der Waals surface area contributed by atoms with E-state index in [2.05, 4.69) is 32.2 Å². The van der Waals surface area contributed by atoms with Gasteiger partial charge in [-0.25, -0.2) is 0 Å². The second-order valence-electron chi connectivity index (χ2n) is 2.97. The molecule has 0 radical (unpaired) electrons. The molecule has 66 valence electrons. The monoisotopic (exact) mass is 183 g/mol. The van der Waals surface area contributed by atoms with Crippen LogP contribution >= 0.6 is 11.6 Å². The Balaban J connectivity index is 3.10. The van der Waals surface area contributed by atoms with Gasteiger partial charge in [0.25, 0.3) is 0 Å². The summed E-state index contributed by atoms with van der Waals surface area (Å²) in [6, 6.07) is 4.11. The lowest BCUT2D eigenvalue weighted by atomic mass is 10.1. The van der Waals surface area contributed by atoms with Crippen molar-refractivity contribution in [1.82, 2.24) is 0 Å². The fraction of sp³-hybridized carbons (Fsp3) is 0.400. The summed E-state index contributed by atoms with van der Waals surface area (Å²) in [6.45, 7) is 7.09. The van der Waals surface area contributed by atoms with Crippen molar-refractivity contribution in [3.05, 3.63) is 28.3 Å². The van der Waals surface area contributed by atoms with E-state index in [1.54, 1.807) is 0 Å². The zero-order chi connectivity index (χ0) is 9.14. The molecule has 0 bridgehead atoms. The molecular formula is C10H14ClN. The maximum Gasteiger partial charge on any atom is 0.0642 e. The molecule has 1 aromatic carbocycles. The first kappa shape index (κ1) is 9.40. The van der Waals surface area contributed by atoms with E-state index >= 15 is 0 Å². The number of benzene rings is 1. The lowest BCUT2D eigenvalue weighted by molar-refractivity contribution is 1.19. The molecule has 0 aromatic heterocycles. The number of halogens is 1. The summed E-state index contributed by atoms with van der Waals surface area (Å²) in [5, 5.41) is 4.05. The Morgan fingerprint density at radius 2 is 2.00 bits per heavy atom. The van der Waals surface area contributed by atoms with E-state index in [1.165, 1.54) is 11.1 Å². The highest BCUT2D eigenvalue weighted by atomic mass is 35.5. The number of aryl methyl sites for hydroxylation is 2. The molecule has 0 fully saturated rings. The van der Waals surface area contributed by atoms with Crippen molar-refractivity contribution in [1.29, 1.82) is 0 Å². The number of hydrogen-bond acceptors (Lipinski definition) is 1. The van der Waals surface area contributed by atoms with Crippen molar-refractivity contribution in [2.45, 2.75) is 20.8 Å². The zero-order valence-electron chi connectivity index (χ0n) is 7.74. The largest absolute Gasteiger partial charge is 0.384 e. The third-order valence-corrected chi connectivity index (χ3v) is 2.08. The first-order valence-corrected chi connectivity index (χ1v) is 4.53. The topological polar surface area (TPSA) is 12.0 Å². The van der Waals surface area contributed by atoms with Crippen LogP contribution in [0.4, 0.5) is 5.69 Å². The molecule has 0 aliphatic heterocycles. The molecule has 0 saturated heterocycles. The van der Waals surface area contributed by atoms with Gasteiger partial charge in [-0.2, -0.15) is 0 Å². The average molecular weight is 184 g/mol. The number of hydrogen-bond donors (Lipinski definition) is 1. The summed E-state index contributed by atoms with van der Waals surface area (Å²) in [6.07, 6.45) is 0. The van der Waals surface area contributed by atoms with Crippen LogP contribution in [-0.4, -0.2) is 6.54 Å². The highest BCUT2D eigenvalue weighted by Gasteiger charge is 2.02. The third-order valence-electron chi connectivity index (χ3n) is 1.79. The fourth-order valence-electron chi connectivity index (χ4n) is 1.32. The van der Waals surface area contributed by atoms with Gasteiger partial charge in [-0.05, 0) is 38.0 Å². The lowest BCUT2D eigenvalue weighted by Gasteiger charge is -2.10. The lowest BCUT2D eigenvalue weighted by Crippen LogP contribution is -1.99. The molecule has 0 aliphatic rings. The number of anilines is 1. The molecule has 2 heteroatoms. The summed E-state index contributed by atoms with van der Waals surface area (Å²) in [4.78, 5) is 0. The SMILES string of the molecule is CCNc1c(C)cc(C)cc1Cl. The summed E-state index contributed by atoms with van der Waals surface area (Å²) in [7, 11) is 0. The standard InChI is InChI=1S/C10H14ClN/c1-4-12-10-8(3)5-7(2)6-9(10)11/h5-6,12H,4H2,1-3H3. The van der Waals surface area contributed by atoms with Gasteiger partial charge in [0.15, 0.2) is 0 Å². The maximum atomic E-state index is 6.05. The van der Waals surface area contributed by atoms with Crippen LogP contribution in [0.15, 0.2) is 12.1 Å². The second-order valence-corrected chi connectivity index (χ2v) is 3.38. The Morgan fingerprint density at radius 3 is 2.50 bits per heavy atom. The maximum absolute atomic E-state index is 6.05. The average Bonchev–Trinajstić information content (AvgIpc) is 1.96. The minimum Gasteiger partial charge on any atom is -0.384 e. The molecule has 0 atom stereocenters. The third kappa shape index (κ3) is 1.92. The van der Waals surface area contributed by atoms with Gasteiger partial charge in [0, 0.05) is 6.54 Å². The molecule has 1 N–H and O–H groups in total. The predicted octanol–water partition coefficient (Wildman–Crippen LogP) is 3.39. The van der Waals surface area contributed by atoms with Crippen molar-refractivity contribution in [3.63, 3.8) is 0 Å². The van der Waals surface area contributed by atoms with Gasteiger partial charge in [-0.15, -0.1) is 0 Å². The minimum atomic E-state index is 0.814. The van der Waals surface area contributed by atoms with Gasteiger partial charge in [-0.1, -0.05) is 17.7 Å². The fourth-order valence-corrected chi connectivity index (χ4v) is 1.70. The number of rotatable bonds is 2. The van der Waals surface area contributed by atoms with Crippen LogP contribution in [0, 0.1) is 13.8 Å². The van der Waals surface area contributed by atoms with Crippen molar-refractivity contribution in [3.8, 4) is 0 Å².